The second-order valence-electron chi connectivity index (χ2n) is 6.18. The first-order valence-electron chi connectivity index (χ1n) is 8.49. The minimum absolute atomic E-state index is 0.392. The first kappa shape index (κ1) is 18.1. The number of thioether (sulfide) groups is 1. The van der Waals surface area contributed by atoms with Crippen molar-refractivity contribution in [2.24, 2.45) is 0 Å². The van der Waals surface area contributed by atoms with Gasteiger partial charge in [0.15, 0.2) is 5.76 Å². The fourth-order valence-corrected chi connectivity index (χ4v) is 3.82. The first-order valence-corrected chi connectivity index (χ1v) is 10.4. The van der Waals surface area contributed by atoms with Gasteiger partial charge in [-0.1, -0.05) is 50.9 Å². The second-order valence-corrected chi connectivity index (χ2v) is 8.08. The fraction of sp³-hybridized carbons (Fsp3) is 0.143. The van der Waals surface area contributed by atoms with Crippen molar-refractivity contribution in [1.82, 2.24) is 10.1 Å². The Hall–Kier alpha value is -2.31. The first-order chi connectivity index (χ1) is 13.2. The topological polar surface area (TPSA) is 52.1 Å². The minimum Gasteiger partial charge on any atom is -0.455 e. The van der Waals surface area contributed by atoms with E-state index in [0.29, 0.717) is 17.5 Å². The zero-order valence-corrected chi connectivity index (χ0v) is 17.1. The quantitative estimate of drug-likeness (QED) is 0.342. The zero-order chi connectivity index (χ0) is 18.6. The number of aromatic nitrogens is 2. The third-order valence-electron chi connectivity index (χ3n) is 4.00. The Labute approximate surface area is 170 Å². The highest BCUT2D eigenvalue weighted by Crippen LogP contribution is 2.27. The molecule has 0 fully saturated rings. The summed E-state index contributed by atoms with van der Waals surface area (Å²) in [5, 5.41) is 4.05. The van der Waals surface area contributed by atoms with Crippen LogP contribution < -0.4 is 0 Å². The van der Waals surface area contributed by atoms with Crippen LogP contribution in [0.2, 0.25) is 0 Å². The van der Waals surface area contributed by atoms with Crippen LogP contribution in [0.25, 0.3) is 23.0 Å². The van der Waals surface area contributed by atoms with Gasteiger partial charge in [0, 0.05) is 15.8 Å². The van der Waals surface area contributed by atoms with Crippen molar-refractivity contribution < 1.29 is 8.94 Å². The molecule has 6 heteroatoms. The van der Waals surface area contributed by atoms with E-state index in [0.717, 1.165) is 27.3 Å². The number of aryl methyl sites for hydroxylation is 1. The Bertz CT molecular complexity index is 1040. The summed E-state index contributed by atoms with van der Waals surface area (Å²) in [6.07, 6.45) is 0. The molecule has 2 aromatic carbocycles. The van der Waals surface area contributed by atoms with Crippen molar-refractivity contribution in [3.05, 3.63) is 82.0 Å². The Morgan fingerprint density at radius 3 is 2.67 bits per heavy atom. The van der Waals surface area contributed by atoms with Gasteiger partial charge in [0.25, 0.3) is 5.89 Å². The van der Waals surface area contributed by atoms with E-state index in [1.165, 1.54) is 11.1 Å². The second kappa shape index (κ2) is 8.15. The fourth-order valence-electron chi connectivity index (χ4n) is 2.68. The summed E-state index contributed by atoms with van der Waals surface area (Å²) >= 11 is 5.24. The van der Waals surface area contributed by atoms with E-state index >= 15 is 0 Å². The van der Waals surface area contributed by atoms with E-state index in [9.17, 15) is 0 Å². The number of benzene rings is 2. The molecular weight excluding hydrogens is 424 g/mol. The standard InChI is InChI=1S/C21H17BrN2O2S/c1-14-3-2-4-15(11-14)12-27-13-18-9-10-19(25-18)21-23-20(24-26-21)16-5-7-17(22)8-6-16/h2-11H,12-13H2,1H3. The Morgan fingerprint density at radius 1 is 1.00 bits per heavy atom. The van der Waals surface area contributed by atoms with Gasteiger partial charge in [-0.25, -0.2) is 0 Å². The molecule has 0 aliphatic rings. The van der Waals surface area contributed by atoms with Crippen LogP contribution in [-0.4, -0.2) is 10.1 Å². The van der Waals surface area contributed by atoms with E-state index in [-0.39, 0.29) is 0 Å². The van der Waals surface area contributed by atoms with Crippen LogP contribution >= 0.6 is 27.7 Å². The van der Waals surface area contributed by atoms with Gasteiger partial charge < -0.3 is 8.94 Å². The summed E-state index contributed by atoms with van der Waals surface area (Å²) < 4.78 is 12.2. The molecule has 27 heavy (non-hydrogen) atoms. The normalized spacial score (nSPS) is 11.0. The van der Waals surface area contributed by atoms with Gasteiger partial charge in [0.2, 0.25) is 5.82 Å². The highest BCUT2D eigenvalue weighted by atomic mass is 79.9. The summed E-state index contributed by atoms with van der Waals surface area (Å²) in [5.74, 6) is 4.17. The highest BCUT2D eigenvalue weighted by molar-refractivity contribution is 9.10. The average Bonchev–Trinajstić information content (AvgIpc) is 3.32. The van der Waals surface area contributed by atoms with Crippen LogP contribution in [-0.2, 0) is 11.5 Å². The van der Waals surface area contributed by atoms with Gasteiger partial charge in [-0.05, 0) is 48.9 Å². The molecule has 0 saturated heterocycles. The smallest absolute Gasteiger partial charge is 0.293 e. The summed E-state index contributed by atoms with van der Waals surface area (Å²) in [7, 11) is 0. The van der Waals surface area contributed by atoms with Crippen molar-refractivity contribution in [3.63, 3.8) is 0 Å². The highest BCUT2D eigenvalue weighted by Gasteiger charge is 2.14. The van der Waals surface area contributed by atoms with Crippen LogP contribution in [0, 0.1) is 6.92 Å². The summed E-state index contributed by atoms with van der Waals surface area (Å²) in [6.45, 7) is 2.11. The lowest BCUT2D eigenvalue weighted by atomic mass is 10.2. The van der Waals surface area contributed by atoms with E-state index in [4.69, 9.17) is 8.94 Å². The van der Waals surface area contributed by atoms with Gasteiger partial charge >= 0.3 is 0 Å². The number of rotatable bonds is 6. The maximum Gasteiger partial charge on any atom is 0.293 e. The van der Waals surface area contributed by atoms with Crippen LogP contribution in [0.15, 0.2) is 74.1 Å². The monoisotopic (exact) mass is 440 g/mol. The van der Waals surface area contributed by atoms with Crippen molar-refractivity contribution in [2.75, 3.05) is 0 Å². The molecule has 136 valence electrons. The number of nitrogens with zero attached hydrogens (tertiary/aromatic N) is 2. The van der Waals surface area contributed by atoms with Crippen LogP contribution in [0.3, 0.4) is 0 Å². The average molecular weight is 441 g/mol. The summed E-state index contributed by atoms with van der Waals surface area (Å²) in [5.41, 5.74) is 3.50. The molecule has 2 heterocycles. The number of hydrogen-bond donors (Lipinski definition) is 0. The molecule has 0 aliphatic carbocycles. The molecule has 0 saturated carbocycles. The Kier molecular flexibility index (Phi) is 5.45. The summed E-state index contributed by atoms with van der Waals surface area (Å²) in [6, 6.07) is 20.2. The van der Waals surface area contributed by atoms with E-state index in [1.807, 2.05) is 48.2 Å². The molecule has 4 aromatic rings. The predicted octanol–water partition coefficient (Wildman–Crippen LogP) is 6.50. The molecule has 2 aromatic heterocycles. The van der Waals surface area contributed by atoms with Gasteiger partial charge in [0.1, 0.15) is 5.76 Å². The third kappa shape index (κ3) is 4.51. The maximum atomic E-state index is 5.88. The van der Waals surface area contributed by atoms with Crippen LogP contribution in [0.1, 0.15) is 16.9 Å². The zero-order valence-electron chi connectivity index (χ0n) is 14.7. The van der Waals surface area contributed by atoms with Gasteiger partial charge in [-0.15, -0.1) is 11.8 Å². The van der Waals surface area contributed by atoms with Crippen molar-refractivity contribution >= 4 is 27.7 Å². The molecule has 0 bridgehead atoms. The molecule has 0 atom stereocenters. The van der Waals surface area contributed by atoms with Gasteiger partial charge in [0.05, 0.1) is 5.75 Å². The number of halogens is 1. The van der Waals surface area contributed by atoms with Gasteiger partial charge in [-0.3, -0.25) is 0 Å². The van der Waals surface area contributed by atoms with Crippen LogP contribution in [0.4, 0.5) is 0 Å². The number of hydrogen-bond acceptors (Lipinski definition) is 5. The van der Waals surface area contributed by atoms with Crippen molar-refractivity contribution in [2.45, 2.75) is 18.4 Å². The summed E-state index contributed by atoms with van der Waals surface area (Å²) in [4.78, 5) is 4.44. The lowest BCUT2D eigenvalue weighted by Crippen LogP contribution is -1.83. The maximum absolute atomic E-state index is 5.88. The molecule has 0 spiro atoms. The SMILES string of the molecule is Cc1cccc(CSCc2ccc(-c3nc(-c4ccc(Br)cc4)no3)o2)c1. The molecule has 0 unspecified atom stereocenters. The lowest BCUT2D eigenvalue weighted by Gasteiger charge is -2.01. The van der Waals surface area contributed by atoms with E-state index < -0.39 is 0 Å². The Balaban J connectivity index is 1.40. The van der Waals surface area contributed by atoms with Crippen LogP contribution in [0.5, 0.6) is 0 Å². The van der Waals surface area contributed by atoms with E-state index in [1.54, 1.807) is 0 Å². The Morgan fingerprint density at radius 2 is 1.85 bits per heavy atom. The molecule has 4 nitrogen and oxygen atoms in total. The largest absolute Gasteiger partial charge is 0.455 e. The van der Waals surface area contributed by atoms with Crippen molar-refractivity contribution in [1.29, 1.82) is 0 Å². The molecule has 0 amide bonds. The third-order valence-corrected chi connectivity index (χ3v) is 5.55. The molecule has 0 radical (unpaired) electrons. The lowest BCUT2D eigenvalue weighted by molar-refractivity contribution is 0.413. The number of furan rings is 1. The minimum atomic E-state index is 0.392. The van der Waals surface area contributed by atoms with E-state index in [2.05, 4.69) is 57.3 Å². The van der Waals surface area contributed by atoms with Crippen molar-refractivity contribution in [3.8, 4) is 23.0 Å². The molecule has 4 rings (SSSR count). The molecular formula is C21H17BrN2O2S. The van der Waals surface area contributed by atoms with Gasteiger partial charge in [-0.2, -0.15) is 4.98 Å². The predicted molar refractivity (Wildman–Crippen MR) is 111 cm³/mol. The molecule has 0 aliphatic heterocycles. The molecule has 0 N–H and O–H groups in total.